The Kier molecular flexibility index (Phi) is 5.17. The van der Waals surface area contributed by atoms with Gasteiger partial charge in [-0.3, -0.25) is 24.6 Å². The Balaban J connectivity index is 1.71. The van der Waals surface area contributed by atoms with Crippen LogP contribution in [-0.4, -0.2) is 31.6 Å². The number of sulfonamides is 1. The standard InChI is InChI=1S/C17H16N4O5S/c22-17(12-3-1-4-14(11-12)21(23)24)19-13-6-8-15(9-7-13)27(25,26)20-16-5-2-10-18-16/h1,3-4,6-9,11H,2,5,10H2,(H,18,20)(H,19,22). The average molecular weight is 388 g/mol. The number of anilines is 1. The quantitative estimate of drug-likeness (QED) is 0.599. The molecule has 3 rings (SSSR count). The molecule has 0 radical (unpaired) electrons. The van der Waals surface area contributed by atoms with E-state index in [1.165, 1.54) is 48.5 Å². The van der Waals surface area contributed by atoms with Crippen LogP contribution in [0.5, 0.6) is 0 Å². The molecule has 140 valence electrons. The largest absolute Gasteiger partial charge is 0.322 e. The normalized spacial score (nSPS) is 13.7. The summed E-state index contributed by atoms with van der Waals surface area (Å²) >= 11 is 0. The summed E-state index contributed by atoms with van der Waals surface area (Å²) in [6.07, 6.45) is 1.41. The van der Waals surface area contributed by atoms with Crippen molar-refractivity contribution in [1.82, 2.24) is 4.72 Å². The molecule has 0 fully saturated rings. The van der Waals surface area contributed by atoms with E-state index in [0.29, 0.717) is 24.5 Å². The predicted molar refractivity (Wildman–Crippen MR) is 99.3 cm³/mol. The molecule has 1 heterocycles. The summed E-state index contributed by atoms with van der Waals surface area (Å²) in [6, 6.07) is 10.9. The van der Waals surface area contributed by atoms with E-state index in [1.807, 2.05) is 0 Å². The fraction of sp³-hybridized carbons (Fsp3) is 0.176. The predicted octanol–water partition coefficient (Wildman–Crippen LogP) is 2.32. The lowest BCUT2D eigenvalue weighted by Gasteiger charge is -2.09. The molecule has 1 aliphatic heterocycles. The van der Waals surface area contributed by atoms with E-state index >= 15 is 0 Å². The SMILES string of the molecule is O=C(Nc1ccc(S(=O)(=O)NC2=NCCC2)cc1)c1cccc([N+](=O)[O-])c1. The summed E-state index contributed by atoms with van der Waals surface area (Å²) in [4.78, 5) is 26.6. The molecule has 2 aromatic carbocycles. The molecule has 0 saturated heterocycles. The fourth-order valence-corrected chi connectivity index (χ4v) is 3.61. The Morgan fingerprint density at radius 1 is 1.15 bits per heavy atom. The number of nitrogens with one attached hydrogen (secondary N) is 2. The number of amidine groups is 1. The first kappa shape index (κ1) is 18.5. The summed E-state index contributed by atoms with van der Waals surface area (Å²) in [5, 5.41) is 13.4. The van der Waals surface area contributed by atoms with Crippen molar-refractivity contribution in [2.24, 2.45) is 4.99 Å². The van der Waals surface area contributed by atoms with Gasteiger partial charge in [-0.1, -0.05) is 6.07 Å². The highest BCUT2D eigenvalue weighted by Crippen LogP contribution is 2.18. The monoisotopic (exact) mass is 388 g/mol. The number of nitro benzene ring substituents is 1. The van der Waals surface area contributed by atoms with Crippen LogP contribution in [0.25, 0.3) is 0 Å². The highest BCUT2D eigenvalue weighted by molar-refractivity contribution is 7.90. The first-order chi connectivity index (χ1) is 12.8. The lowest BCUT2D eigenvalue weighted by Crippen LogP contribution is -2.29. The second kappa shape index (κ2) is 7.54. The molecule has 2 aromatic rings. The molecule has 2 N–H and O–H groups in total. The van der Waals surface area contributed by atoms with Gasteiger partial charge in [-0.15, -0.1) is 0 Å². The Hall–Kier alpha value is -3.27. The molecular weight excluding hydrogens is 372 g/mol. The number of aliphatic imine (C=N–C) groups is 1. The number of hydrogen-bond acceptors (Lipinski definition) is 6. The number of carbonyl (C=O) groups excluding carboxylic acids is 1. The second-order valence-corrected chi connectivity index (χ2v) is 7.51. The van der Waals surface area contributed by atoms with Crippen molar-refractivity contribution in [2.75, 3.05) is 11.9 Å². The van der Waals surface area contributed by atoms with Gasteiger partial charge in [0.1, 0.15) is 5.84 Å². The number of rotatable bonds is 5. The smallest absolute Gasteiger partial charge is 0.270 e. The minimum atomic E-state index is -3.72. The van der Waals surface area contributed by atoms with Crippen LogP contribution in [0, 0.1) is 10.1 Å². The average Bonchev–Trinajstić information content (AvgIpc) is 3.14. The summed E-state index contributed by atoms with van der Waals surface area (Å²) < 4.78 is 27.0. The van der Waals surface area contributed by atoms with Crippen molar-refractivity contribution < 1.29 is 18.1 Å². The van der Waals surface area contributed by atoms with Crippen LogP contribution in [0.4, 0.5) is 11.4 Å². The molecule has 0 saturated carbocycles. The molecule has 0 spiro atoms. The minimum Gasteiger partial charge on any atom is -0.322 e. The molecule has 0 atom stereocenters. The van der Waals surface area contributed by atoms with Crippen LogP contribution in [0.2, 0.25) is 0 Å². The van der Waals surface area contributed by atoms with Crippen molar-refractivity contribution in [2.45, 2.75) is 17.7 Å². The molecule has 10 heteroatoms. The Morgan fingerprint density at radius 3 is 2.52 bits per heavy atom. The van der Waals surface area contributed by atoms with Crippen molar-refractivity contribution in [1.29, 1.82) is 0 Å². The van der Waals surface area contributed by atoms with Crippen molar-refractivity contribution in [3.63, 3.8) is 0 Å². The molecule has 1 aliphatic rings. The van der Waals surface area contributed by atoms with Gasteiger partial charge in [0.25, 0.3) is 21.6 Å². The zero-order valence-corrected chi connectivity index (χ0v) is 14.9. The van der Waals surface area contributed by atoms with E-state index in [0.717, 1.165) is 6.42 Å². The maximum atomic E-state index is 12.3. The summed E-state index contributed by atoms with van der Waals surface area (Å²) in [7, 11) is -3.72. The summed E-state index contributed by atoms with van der Waals surface area (Å²) in [6.45, 7) is 0.612. The number of nitrogens with zero attached hydrogens (tertiary/aromatic N) is 2. The first-order valence-electron chi connectivity index (χ1n) is 8.07. The van der Waals surface area contributed by atoms with Gasteiger partial charge in [-0.25, -0.2) is 8.42 Å². The van der Waals surface area contributed by atoms with Crippen LogP contribution in [0.15, 0.2) is 58.4 Å². The molecule has 0 aliphatic carbocycles. The second-order valence-electron chi connectivity index (χ2n) is 5.82. The third-order valence-electron chi connectivity index (χ3n) is 3.87. The molecule has 27 heavy (non-hydrogen) atoms. The van der Waals surface area contributed by atoms with Crippen LogP contribution in [0.3, 0.4) is 0 Å². The number of non-ortho nitro benzene ring substituents is 1. The molecule has 0 bridgehead atoms. The lowest BCUT2D eigenvalue weighted by molar-refractivity contribution is -0.384. The Morgan fingerprint density at radius 2 is 1.89 bits per heavy atom. The van der Waals surface area contributed by atoms with Gasteiger partial charge < -0.3 is 5.32 Å². The van der Waals surface area contributed by atoms with Crippen molar-refractivity contribution in [3.8, 4) is 0 Å². The zero-order valence-electron chi connectivity index (χ0n) is 14.1. The number of benzene rings is 2. The maximum Gasteiger partial charge on any atom is 0.270 e. The fourth-order valence-electron chi connectivity index (χ4n) is 2.52. The first-order valence-corrected chi connectivity index (χ1v) is 9.55. The number of hydrogen-bond donors (Lipinski definition) is 2. The topological polar surface area (TPSA) is 131 Å². The zero-order chi connectivity index (χ0) is 19.4. The van der Waals surface area contributed by atoms with E-state index in [4.69, 9.17) is 0 Å². The third-order valence-corrected chi connectivity index (χ3v) is 5.27. The van der Waals surface area contributed by atoms with Gasteiger partial charge in [-0.2, -0.15) is 0 Å². The van der Waals surface area contributed by atoms with Gasteiger partial charge in [-0.05, 0) is 36.8 Å². The van der Waals surface area contributed by atoms with E-state index in [-0.39, 0.29) is 16.1 Å². The molecule has 1 amide bonds. The van der Waals surface area contributed by atoms with Crippen molar-refractivity contribution >= 4 is 33.1 Å². The van der Waals surface area contributed by atoms with E-state index in [2.05, 4.69) is 15.0 Å². The van der Waals surface area contributed by atoms with Crippen LogP contribution >= 0.6 is 0 Å². The van der Waals surface area contributed by atoms with Crippen LogP contribution in [0.1, 0.15) is 23.2 Å². The number of amides is 1. The van der Waals surface area contributed by atoms with Crippen molar-refractivity contribution in [3.05, 3.63) is 64.2 Å². The van der Waals surface area contributed by atoms with Gasteiger partial charge in [0.15, 0.2) is 0 Å². The molecule has 9 nitrogen and oxygen atoms in total. The van der Waals surface area contributed by atoms with Gasteiger partial charge in [0.2, 0.25) is 0 Å². The molecule has 0 aromatic heterocycles. The molecule has 0 unspecified atom stereocenters. The Labute approximate surface area is 155 Å². The maximum absolute atomic E-state index is 12.3. The van der Waals surface area contributed by atoms with E-state index < -0.39 is 20.9 Å². The number of nitro groups is 1. The molecular formula is C17H16N4O5S. The van der Waals surface area contributed by atoms with Crippen LogP contribution in [-0.2, 0) is 10.0 Å². The summed E-state index contributed by atoms with van der Waals surface area (Å²) in [5.74, 6) is -0.0919. The van der Waals surface area contributed by atoms with Gasteiger partial charge in [0.05, 0.1) is 9.82 Å². The number of carbonyl (C=O) groups is 1. The Bertz CT molecular complexity index is 1020. The third kappa shape index (κ3) is 4.47. The highest BCUT2D eigenvalue weighted by Gasteiger charge is 2.18. The van der Waals surface area contributed by atoms with Gasteiger partial charge in [0, 0.05) is 36.3 Å². The summed E-state index contributed by atoms with van der Waals surface area (Å²) in [5.41, 5.74) is 0.301. The van der Waals surface area contributed by atoms with Gasteiger partial charge >= 0.3 is 0 Å². The van der Waals surface area contributed by atoms with E-state index in [1.54, 1.807) is 0 Å². The minimum absolute atomic E-state index is 0.0467. The highest BCUT2D eigenvalue weighted by atomic mass is 32.2. The van der Waals surface area contributed by atoms with Crippen LogP contribution < -0.4 is 10.0 Å². The lowest BCUT2D eigenvalue weighted by atomic mass is 10.2. The van der Waals surface area contributed by atoms with E-state index in [9.17, 15) is 23.3 Å².